The summed E-state index contributed by atoms with van der Waals surface area (Å²) in [6.45, 7) is 1.79. The van der Waals surface area contributed by atoms with Crippen LogP contribution in [0.1, 0.15) is 13.3 Å². The normalized spacial score (nSPS) is 12.9. The van der Waals surface area contributed by atoms with Crippen molar-refractivity contribution in [3.05, 3.63) is 59.1 Å². The van der Waals surface area contributed by atoms with Crippen molar-refractivity contribution in [3.63, 3.8) is 0 Å². The first-order chi connectivity index (χ1) is 11.3. The number of rotatable bonds is 6. The number of nitrogens with zero attached hydrogens (tertiary/aromatic N) is 1. The molecule has 0 radical (unpaired) electrons. The number of anilines is 1. The van der Waals surface area contributed by atoms with Crippen LogP contribution < -0.4 is 10.0 Å². The van der Waals surface area contributed by atoms with E-state index in [1.165, 1.54) is 24.3 Å². The third-order valence-corrected chi connectivity index (χ3v) is 5.70. The van der Waals surface area contributed by atoms with Crippen molar-refractivity contribution in [2.75, 3.05) is 10.8 Å². The molecule has 24 heavy (non-hydrogen) atoms. The predicted octanol–water partition coefficient (Wildman–Crippen LogP) is 3.55. The highest BCUT2D eigenvalue weighted by Gasteiger charge is 2.31. The van der Waals surface area contributed by atoms with Crippen LogP contribution in [0.15, 0.2) is 47.4 Å². The molecule has 8 heteroatoms. The van der Waals surface area contributed by atoms with E-state index >= 15 is 0 Å². The fraction of sp³-hybridized carbons (Fsp3) is 0.250. The van der Waals surface area contributed by atoms with E-state index in [0.29, 0.717) is 5.02 Å². The van der Waals surface area contributed by atoms with E-state index in [4.69, 9.17) is 17.3 Å². The highest BCUT2D eigenvalue weighted by Crippen LogP contribution is 2.30. The monoisotopic (exact) mass is 374 g/mol. The molecule has 0 saturated heterocycles. The van der Waals surface area contributed by atoms with Crippen molar-refractivity contribution in [2.24, 2.45) is 5.73 Å². The summed E-state index contributed by atoms with van der Waals surface area (Å²) in [5.74, 6) is -1.57. The Hall–Kier alpha value is -1.70. The van der Waals surface area contributed by atoms with Gasteiger partial charge in [0.15, 0.2) is 0 Å². The van der Waals surface area contributed by atoms with Gasteiger partial charge in [-0.25, -0.2) is 17.2 Å². The van der Waals surface area contributed by atoms with Crippen molar-refractivity contribution in [2.45, 2.75) is 24.3 Å². The lowest BCUT2D eigenvalue weighted by molar-refractivity contribution is 0.560. The molecule has 4 nitrogen and oxygen atoms in total. The molecular weight excluding hydrogens is 358 g/mol. The van der Waals surface area contributed by atoms with Gasteiger partial charge < -0.3 is 5.73 Å². The van der Waals surface area contributed by atoms with Crippen molar-refractivity contribution >= 4 is 27.3 Å². The summed E-state index contributed by atoms with van der Waals surface area (Å²) < 4.78 is 54.6. The van der Waals surface area contributed by atoms with Gasteiger partial charge in [-0.3, -0.25) is 4.31 Å². The van der Waals surface area contributed by atoms with Gasteiger partial charge in [0.25, 0.3) is 10.0 Å². The van der Waals surface area contributed by atoms with Crippen LogP contribution >= 0.6 is 11.6 Å². The van der Waals surface area contributed by atoms with Gasteiger partial charge in [0, 0.05) is 17.1 Å². The lowest BCUT2D eigenvalue weighted by atomic mass is 10.2. The molecule has 0 aromatic heterocycles. The van der Waals surface area contributed by atoms with Crippen molar-refractivity contribution in [1.82, 2.24) is 0 Å². The van der Waals surface area contributed by atoms with Crippen LogP contribution in [0, 0.1) is 11.6 Å². The maximum atomic E-state index is 14.2. The van der Waals surface area contributed by atoms with Gasteiger partial charge in [0.2, 0.25) is 0 Å². The van der Waals surface area contributed by atoms with Crippen LogP contribution in [0.5, 0.6) is 0 Å². The smallest absolute Gasteiger partial charge is 0.264 e. The maximum Gasteiger partial charge on any atom is 0.264 e. The van der Waals surface area contributed by atoms with Crippen LogP contribution in [0.2, 0.25) is 5.02 Å². The number of sulfonamides is 1. The first kappa shape index (κ1) is 18.6. The Morgan fingerprint density at radius 3 is 2.38 bits per heavy atom. The van der Waals surface area contributed by atoms with Crippen molar-refractivity contribution < 1.29 is 17.2 Å². The van der Waals surface area contributed by atoms with Crippen LogP contribution in [-0.2, 0) is 10.0 Å². The predicted molar refractivity (Wildman–Crippen MR) is 90.6 cm³/mol. The molecule has 0 amide bonds. The second-order valence-electron chi connectivity index (χ2n) is 5.28. The van der Waals surface area contributed by atoms with E-state index in [9.17, 15) is 17.2 Å². The topological polar surface area (TPSA) is 63.4 Å². The van der Waals surface area contributed by atoms with Crippen molar-refractivity contribution in [1.29, 1.82) is 0 Å². The Morgan fingerprint density at radius 1 is 1.17 bits per heavy atom. The lowest BCUT2D eigenvalue weighted by Crippen LogP contribution is -2.40. The first-order valence-electron chi connectivity index (χ1n) is 7.22. The second kappa shape index (κ2) is 7.46. The van der Waals surface area contributed by atoms with Gasteiger partial charge >= 0.3 is 0 Å². The molecule has 130 valence electrons. The fourth-order valence-corrected chi connectivity index (χ4v) is 4.15. The van der Waals surface area contributed by atoms with Crippen LogP contribution in [0.4, 0.5) is 14.5 Å². The molecule has 1 atom stereocenters. The molecule has 0 fully saturated rings. The molecule has 2 aromatic rings. The summed E-state index contributed by atoms with van der Waals surface area (Å²) in [6.07, 6.45) is 0.281. The zero-order valence-corrected chi connectivity index (χ0v) is 14.5. The quantitative estimate of drug-likeness (QED) is 0.841. The number of nitrogens with two attached hydrogens (primary N) is 1. The highest BCUT2D eigenvalue weighted by molar-refractivity contribution is 7.92. The summed E-state index contributed by atoms with van der Waals surface area (Å²) in [6, 6.07) is 7.49. The SMILES string of the molecule is C[C@H](CCN)N(c1cc(F)ccc1F)S(=O)(=O)c1ccc(Cl)cc1. The fourth-order valence-electron chi connectivity index (χ4n) is 2.34. The van der Waals surface area contributed by atoms with Gasteiger partial charge in [-0.15, -0.1) is 0 Å². The molecule has 0 aliphatic heterocycles. The van der Waals surface area contributed by atoms with Gasteiger partial charge in [-0.05, 0) is 56.3 Å². The molecule has 0 aliphatic rings. The number of hydrogen-bond donors (Lipinski definition) is 1. The Bertz CT molecular complexity index is 813. The molecule has 0 unspecified atom stereocenters. The van der Waals surface area contributed by atoms with E-state index in [2.05, 4.69) is 0 Å². The summed E-state index contributed by atoms with van der Waals surface area (Å²) in [7, 11) is -4.12. The number of benzene rings is 2. The molecule has 2 N–H and O–H groups in total. The summed E-state index contributed by atoms with van der Waals surface area (Å²) in [5.41, 5.74) is 5.15. The number of hydrogen-bond acceptors (Lipinski definition) is 3. The van der Waals surface area contributed by atoms with Crippen LogP contribution in [0.25, 0.3) is 0 Å². The summed E-state index contributed by atoms with van der Waals surface area (Å²) in [4.78, 5) is -0.0700. The Kier molecular flexibility index (Phi) is 5.79. The zero-order valence-electron chi connectivity index (χ0n) is 12.9. The Labute approximate surface area is 144 Å². The molecule has 0 spiro atoms. The number of halogens is 3. The van der Waals surface area contributed by atoms with E-state index in [-0.39, 0.29) is 23.5 Å². The van der Waals surface area contributed by atoms with Gasteiger partial charge in [0.05, 0.1) is 10.6 Å². The molecular formula is C16H17ClF2N2O2S. The Morgan fingerprint density at radius 2 is 1.79 bits per heavy atom. The standard InChI is InChI=1S/C16H17ClF2N2O2S/c1-11(8-9-20)21(16-10-13(18)4-7-15(16)19)24(22,23)14-5-2-12(17)3-6-14/h2-7,10-11H,8-9,20H2,1H3/t11-/m1/s1. The van der Waals surface area contributed by atoms with Gasteiger partial charge in [-0.1, -0.05) is 11.6 Å². The molecule has 0 saturated carbocycles. The third-order valence-electron chi connectivity index (χ3n) is 3.50. The molecule has 0 bridgehead atoms. The minimum atomic E-state index is -4.12. The van der Waals surface area contributed by atoms with E-state index < -0.39 is 27.7 Å². The minimum absolute atomic E-state index is 0.0700. The maximum absolute atomic E-state index is 14.2. The second-order valence-corrected chi connectivity index (χ2v) is 7.53. The third kappa shape index (κ3) is 3.85. The average Bonchev–Trinajstić information content (AvgIpc) is 2.51. The minimum Gasteiger partial charge on any atom is -0.330 e. The van der Waals surface area contributed by atoms with E-state index in [0.717, 1.165) is 22.5 Å². The first-order valence-corrected chi connectivity index (χ1v) is 9.04. The summed E-state index contributed by atoms with van der Waals surface area (Å²) in [5, 5.41) is 0.368. The molecule has 2 aromatic carbocycles. The lowest BCUT2D eigenvalue weighted by Gasteiger charge is -2.30. The van der Waals surface area contributed by atoms with Crippen LogP contribution in [0.3, 0.4) is 0 Å². The summed E-state index contributed by atoms with van der Waals surface area (Å²) >= 11 is 5.78. The molecule has 2 rings (SSSR count). The molecule has 0 heterocycles. The Balaban J connectivity index is 2.61. The van der Waals surface area contributed by atoms with Crippen LogP contribution in [-0.4, -0.2) is 21.0 Å². The van der Waals surface area contributed by atoms with E-state index in [1.807, 2.05) is 0 Å². The van der Waals surface area contributed by atoms with Gasteiger partial charge in [0.1, 0.15) is 11.6 Å². The largest absolute Gasteiger partial charge is 0.330 e. The average molecular weight is 375 g/mol. The highest BCUT2D eigenvalue weighted by atomic mass is 35.5. The zero-order chi connectivity index (χ0) is 17.9. The van der Waals surface area contributed by atoms with Crippen molar-refractivity contribution in [3.8, 4) is 0 Å². The van der Waals surface area contributed by atoms with Gasteiger partial charge in [-0.2, -0.15) is 0 Å². The molecule has 0 aliphatic carbocycles. The van der Waals surface area contributed by atoms with E-state index in [1.54, 1.807) is 6.92 Å².